The SMILES string of the molecule is COc1cc(C=CC(=O)Nc2cc(F)c(F)cc2F)ccc1OC(C)C. The predicted octanol–water partition coefficient (Wildman–Crippen LogP) is 4.55. The standard InChI is InChI=1S/C19H18F3NO3/c1-11(2)26-17-6-4-12(8-18(17)25-3)5-7-19(24)23-16-10-14(21)13(20)9-15(16)22/h4-11H,1-3H3,(H,23,24). The number of benzene rings is 2. The highest BCUT2D eigenvalue weighted by Gasteiger charge is 2.11. The van der Waals surface area contributed by atoms with Crippen LogP contribution in [0.1, 0.15) is 19.4 Å². The third kappa shape index (κ3) is 5.02. The number of nitrogens with one attached hydrogen (secondary N) is 1. The maximum absolute atomic E-state index is 13.5. The number of ether oxygens (including phenoxy) is 2. The fraction of sp³-hybridized carbons (Fsp3) is 0.211. The van der Waals surface area contributed by atoms with Crippen molar-refractivity contribution in [1.82, 2.24) is 0 Å². The van der Waals surface area contributed by atoms with Crippen molar-refractivity contribution in [2.24, 2.45) is 0 Å². The molecule has 0 heterocycles. The van der Waals surface area contributed by atoms with E-state index in [2.05, 4.69) is 5.32 Å². The highest BCUT2D eigenvalue weighted by atomic mass is 19.2. The second-order valence-electron chi connectivity index (χ2n) is 5.65. The molecule has 0 fully saturated rings. The molecule has 2 aromatic carbocycles. The van der Waals surface area contributed by atoms with Crippen molar-refractivity contribution in [2.75, 3.05) is 12.4 Å². The number of amides is 1. The summed E-state index contributed by atoms with van der Waals surface area (Å²) in [4.78, 5) is 11.9. The lowest BCUT2D eigenvalue weighted by molar-refractivity contribution is -0.111. The first kappa shape index (κ1) is 19.4. The molecule has 0 spiro atoms. The Morgan fingerprint density at radius 3 is 2.38 bits per heavy atom. The molecule has 0 saturated heterocycles. The quantitative estimate of drug-likeness (QED) is 0.603. The van der Waals surface area contributed by atoms with Gasteiger partial charge < -0.3 is 14.8 Å². The van der Waals surface area contributed by atoms with E-state index in [1.807, 2.05) is 13.8 Å². The van der Waals surface area contributed by atoms with E-state index in [1.165, 1.54) is 13.2 Å². The van der Waals surface area contributed by atoms with E-state index in [-0.39, 0.29) is 6.10 Å². The molecule has 0 aliphatic rings. The van der Waals surface area contributed by atoms with Crippen molar-refractivity contribution < 1.29 is 27.4 Å². The minimum atomic E-state index is -1.33. The van der Waals surface area contributed by atoms with Crippen LogP contribution in [-0.2, 0) is 4.79 Å². The predicted molar refractivity (Wildman–Crippen MR) is 92.7 cm³/mol. The summed E-state index contributed by atoms with van der Waals surface area (Å²) in [5.41, 5.74) is 0.190. The Balaban J connectivity index is 2.11. The zero-order valence-corrected chi connectivity index (χ0v) is 14.5. The van der Waals surface area contributed by atoms with Crippen molar-refractivity contribution in [3.05, 3.63) is 59.4 Å². The molecule has 0 saturated carbocycles. The normalized spacial score (nSPS) is 11.0. The molecule has 0 atom stereocenters. The molecule has 0 unspecified atom stereocenters. The first-order chi connectivity index (χ1) is 12.3. The number of halogens is 3. The molecule has 2 rings (SSSR count). The summed E-state index contributed by atoms with van der Waals surface area (Å²) in [5.74, 6) is -3.29. The first-order valence-corrected chi connectivity index (χ1v) is 7.78. The maximum Gasteiger partial charge on any atom is 0.248 e. The molecule has 0 aliphatic heterocycles. The van der Waals surface area contributed by atoms with Gasteiger partial charge in [-0.05, 0) is 37.6 Å². The average molecular weight is 365 g/mol. The topological polar surface area (TPSA) is 47.6 Å². The molecule has 0 aliphatic carbocycles. The van der Waals surface area contributed by atoms with Gasteiger partial charge in [0.15, 0.2) is 23.1 Å². The van der Waals surface area contributed by atoms with E-state index in [0.717, 1.165) is 6.08 Å². The maximum atomic E-state index is 13.5. The van der Waals surface area contributed by atoms with Crippen LogP contribution in [0.25, 0.3) is 6.08 Å². The molecule has 2 aromatic rings. The van der Waals surface area contributed by atoms with Crippen molar-refractivity contribution in [2.45, 2.75) is 20.0 Å². The molecule has 26 heavy (non-hydrogen) atoms. The molecular formula is C19H18F3NO3. The van der Waals surface area contributed by atoms with Crippen molar-refractivity contribution in [3.8, 4) is 11.5 Å². The highest BCUT2D eigenvalue weighted by molar-refractivity contribution is 6.02. The Morgan fingerprint density at radius 1 is 1.04 bits per heavy atom. The van der Waals surface area contributed by atoms with Gasteiger partial charge in [-0.2, -0.15) is 0 Å². The second kappa shape index (κ2) is 8.42. The van der Waals surface area contributed by atoms with Gasteiger partial charge in [0.05, 0.1) is 18.9 Å². The van der Waals surface area contributed by atoms with Gasteiger partial charge in [0.2, 0.25) is 5.91 Å². The van der Waals surface area contributed by atoms with Crippen molar-refractivity contribution >= 4 is 17.7 Å². The van der Waals surface area contributed by atoms with E-state index in [9.17, 15) is 18.0 Å². The lowest BCUT2D eigenvalue weighted by Crippen LogP contribution is -2.10. The van der Waals surface area contributed by atoms with Crippen LogP contribution in [0.4, 0.5) is 18.9 Å². The zero-order valence-electron chi connectivity index (χ0n) is 14.5. The smallest absolute Gasteiger partial charge is 0.248 e. The number of hydrogen-bond donors (Lipinski definition) is 1. The van der Waals surface area contributed by atoms with E-state index >= 15 is 0 Å². The molecule has 1 N–H and O–H groups in total. The van der Waals surface area contributed by atoms with Crippen LogP contribution in [0.3, 0.4) is 0 Å². The minimum Gasteiger partial charge on any atom is -0.493 e. The zero-order chi connectivity index (χ0) is 19.3. The summed E-state index contributed by atoms with van der Waals surface area (Å²) in [5, 5.41) is 2.15. The van der Waals surface area contributed by atoms with Crippen LogP contribution < -0.4 is 14.8 Å². The number of anilines is 1. The summed E-state index contributed by atoms with van der Waals surface area (Å²) in [6.07, 6.45) is 2.58. The van der Waals surface area contributed by atoms with Gasteiger partial charge in [-0.3, -0.25) is 4.79 Å². The van der Waals surface area contributed by atoms with Gasteiger partial charge in [-0.25, -0.2) is 13.2 Å². The van der Waals surface area contributed by atoms with Gasteiger partial charge in [0.25, 0.3) is 0 Å². The summed E-state index contributed by atoms with van der Waals surface area (Å²) in [6, 6.07) is 6.03. The van der Waals surface area contributed by atoms with E-state index < -0.39 is 29.0 Å². The fourth-order valence-electron chi connectivity index (χ4n) is 2.10. The highest BCUT2D eigenvalue weighted by Crippen LogP contribution is 2.29. The Morgan fingerprint density at radius 2 is 1.73 bits per heavy atom. The van der Waals surface area contributed by atoms with E-state index in [1.54, 1.807) is 18.2 Å². The summed E-state index contributed by atoms with van der Waals surface area (Å²) < 4.78 is 50.4. The van der Waals surface area contributed by atoms with Crippen LogP contribution in [0.15, 0.2) is 36.4 Å². The Hall–Kier alpha value is -2.96. The fourth-order valence-corrected chi connectivity index (χ4v) is 2.10. The van der Waals surface area contributed by atoms with Gasteiger partial charge in [0.1, 0.15) is 5.82 Å². The molecule has 0 aromatic heterocycles. The molecule has 1 amide bonds. The van der Waals surface area contributed by atoms with Crippen LogP contribution >= 0.6 is 0 Å². The van der Waals surface area contributed by atoms with Crippen molar-refractivity contribution in [1.29, 1.82) is 0 Å². The molecule has 7 heteroatoms. The molecular weight excluding hydrogens is 347 g/mol. The Labute approximate surface area is 149 Å². The third-order valence-corrected chi connectivity index (χ3v) is 3.25. The van der Waals surface area contributed by atoms with Crippen molar-refractivity contribution in [3.63, 3.8) is 0 Å². The van der Waals surface area contributed by atoms with Gasteiger partial charge in [0, 0.05) is 18.2 Å². The number of rotatable bonds is 6. The number of hydrogen-bond acceptors (Lipinski definition) is 3. The van der Waals surface area contributed by atoms with Crippen LogP contribution in [0.2, 0.25) is 0 Å². The number of carbonyl (C=O) groups excluding carboxylic acids is 1. The first-order valence-electron chi connectivity index (χ1n) is 7.78. The summed E-state index contributed by atoms with van der Waals surface area (Å²) in [6.45, 7) is 3.77. The van der Waals surface area contributed by atoms with E-state index in [4.69, 9.17) is 9.47 Å². The lowest BCUT2D eigenvalue weighted by atomic mass is 10.2. The summed E-state index contributed by atoms with van der Waals surface area (Å²) >= 11 is 0. The Kier molecular flexibility index (Phi) is 6.27. The van der Waals surface area contributed by atoms with Crippen LogP contribution in [0.5, 0.6) is 11.5 Å². The van der Waals surface area contributed by atoms with Crippen LogP contribution in [0, 0.1) is 17.5 Å². The van der Waals surface area contributed by atoms with Gasteiger partial charge in [-0.15, -0.1) is 0 Å². The third-order valence-electron chi connectivity index (χ3n) is 3.25. The average Bonchev–Trinajstić information content (AvgIpc) is 2.58. The van der Waals surface area contributed by atoms with E-state index in [0.29, 0.717) is 29.2 Å². The molecule has 0 bridgehead atoms. The molecule has 138 valence electrons. The van der Waals surface area contributed by atoms with Gasteiger partial charge >= 0.3 is 0 Å². The number of carbonyl (C=O) groups is 1. The lowest BCUT2D eigenvalue weighted by Gasteiger charge is -2.13. The second-order valence-corrected chi connectivity index (χ2v) is 5.65. The largest absolute Gasteiger partial charge is 0.493 e. The Bertz CT molecular complexity index is 835. The molecule has 4 nitrogen and oxygen atoms in total. The number of methoxy groups -OCH3 is 1. The monoisotopic (exact) mass is 365 g/mol. The van der Waals surface area contributed by atoms with Gasteiger partial charge in [-0.1, -0.05) is 6.07 Å². The summed E-state index contributed by atoms with van der Waals surface area (Å²) in [7, 11) is 1.49. The minimum absolute atomic E-state index is 0.0259. The van der Waals surface area contributed by atoms with Crippen LogP contribution in [-0.4, -0.2) is 19.1 Å². The molecule has 0 radical (unpaired) electrons.